The van der Waals surface area contributed by atoms with E-state index in [1.54, 1.807) is 0 Å². The predicted octanol–water partition coefficient (Wildman–Crippen LogP) is 4.60. The van der Waals surface area contributed by atoms with Crippen LogP contribution < -0.4 is 0 Å². The lowest BCUT2D eigenvalue weighted by Crippen LogP contribution is -2.31. The van der Waals surface area contributed by atoms with Crippen LogP contribution in [0.5, 0.6) is 0 Å². The number of hydrogen-bond acceptors (Lipinski definition) is 1. The zero-order chi connectivity index (χ0) is 16.9. The Labute approximate surface area is 148 Å². The number of halogens is 1. The monoisotopic (exact) mass is 342 g/mol. The standard InChI is InChI=1S/C20H23ClN2O/c1-22-19(9-5-8-16-6-3-2-4-7-16)15-23(20(22)24)14-17-10-12-18(21)13-11-17/h2-4,6-7,10-13,19H,5,8-9,14-15H2,1H3. The molecule has 0 radical (unpaired) electrons. The maximum Gasteiger partial charge on any atom is 0.320 e. The number of likely N-dealkylation sites (N-methyl/N-ethyl adjacent to an activating group) is 1. The van der Waals surface area contributed by atoms with Gasteiger partial charge >= 0.3 is 6.03 Å². The second-order valence-electron chi connectivity index (χ2n) is 6.43. The lowest BCUT2D eigenvalue weighted by molar-refractivity contribution is 0.193. The Hall–Kier alpha value is -2.00. The number of nitrogens with zero attached hydrogens (tertiary/aromatic N) is 2. The van der Waals surface area contributed by atoms with E-state index in [4.69, 9.17) is 11.6 Å². The van der Waals surface area contributed by atoms with Gasteiger partial charge in [0.1, 0.15) is 0 Å². The summed E-state index contributed by atoms with van der Waals surface area (Å²) in [5, 5.41) is 0.724. The summed E-state index contributed by atoms with van der Waals surface area (Å²) in [5.74, 6) is 0. The van der Waals surface area contributed by atoms with E-state index in [0.29, 0.717) is 12.6 Å². The number of aryl methyl sites for hydroxylation is 1. The van der Waals surface area contributed by atoms with E-state index in [9.17, 15) is 4.79 Å². The number of carbonyl (C=O) groups excluding carboxylic acids is 1. The zero-order valence-corrected chi connectivity index (χ0v) is 14.7. The Morgan fingerprint density at radius 1 is 1.04 bits per heavy atom. The first-order valence-electron chi connectivity index (χ1n) is 8.43. The Balaban J connectivity index is 1.52. The summed E-state index contributed by atoms with van der Waals surface area (Å²) in [7, 11) is 1.91. The molecule has 0 spiro atoms. The van der Waals surface area contributed by atoms with Crippen molar-refractivity contribution in [2.24, 2.45) is 0 Å². The van der Waals surface area contributed by atoms with Gasteiger partial charge in [0.2, 0.25) is 0 Å². The Kier molecular flexibility index (Phi) is 5.41. The van der Waals surface area contributed by atoms with Gasteiger partial charge in [0.05, 0.1) is 6.04 Å². The first-order valence-corrected chi connectivity index (χ1v) is 8.81. The average molecular weight is 343 g/mol. The third kappa shape index (κ3) is 4.09. The Bertz CT molecular complexity index is 672. The van der Waals surface area contributed by atoms with Crippen LogP contribution in [0.15, 0.2) is 54.6 Å². The minimum atomic E-state index is 0.120. The number of benzene rings is 2. The summed E-state index contributed by atoms with van der Waals surface area (Å²) in [4.78, 5) is 16.3. The van der Waals surface area contributed by atoms with Crippen molar-refractivity contribution >= 4 is 17.6 Å². The molecule has 0 saturated carbocycles. The molecule has 0 N–H and O–H groups in total. The van der Waals surface area contributed by atoms with Crippen molar-refractivity contribution in [1.29, 1.82) is 0 Å². The molecule has 1 aliphatic rings. The highest BCUT2D eigenvalue weighted by atomic mass is 35.5. The van der Waals surface area contributed by atoms with Crippen LogP contribution in [0, 0.1) is 0 Å². The normalized spacial score (nSPS) is 17.6. The second kappa shape index (κ2) is 7.71. The van der Waals surface area contributed by atoms with Gasteiger partial charge in [0.15, 0.2) is 0 Å². The molecule has 2 aromatic rings. The van der Waals surface area contributed by atoms with Gasteiger partial charge in [0.25, 0.3) is 0 Å². The van der Waals surface area contributed by atoms with Gasteiger partial charge in [-0.1, -0.05) is 54.1 Å². The molecule has 1 atom stereocenters. The third-order valence-electron chi connectivity index (χ3n) is 4.68. The fraction of sp³-hybridized carbons (Fsp3) is 0.350. The molecule has 0 bridgehead atoms. The summed E-state index contributed by atoms with van der Waals surface area (Å²) in [6, 6.07) is 18.7. The van der Waals surface area contributed by atoms with Crippen LogP contribution in [-0.2, 0) is 13.0 Å². The number of hydrogen-bond donors (Lipinski definition) is 0. The van der Waals surface area contributed by atoms with Crippen molar-refractivity contribution < 1.29 is 4.79 Å². The van der Waals surface area contributed by atoms with Crippen molar-refractivity contribution in [3.05, 3.63) is 70.7 Å². The van der Waals surface area contributed by atoms with E-state index in [1.165, 1.54) is 5.56 Å². The Morgan fingerprint density at radius 2 is 1.75 bits per heavy atom. The van der Waals surface area contributed by atoms with Crippen molar-refractivity contribution in [2.75, 3.05) is 13.6 Å². The first kappa shape index (κ1) is 16.8. The van der Waals surface area contributed by atoms with Gasteiger partial charge in [-0.25, -0.2) is 4.79 Å². The molecule has 1 aliphatic heterocycles. The van der Waals surface area contributed by atoms with Crippen LogP contribution in [0.2, 0.25) is 5.02 Å². The van der Waals surface area contributed by atoms with Crippen molar-refractivity contribution in [2.45, 2.75) is 31.8 Å². The molecule has 3 rings (SSSR count). The quantitative estimate of drug-likeness (QED) is 0.752. The molecule has 1 fully saturated rings. The number of amides is 2. The fourth-order valence-corrected chi connectivity index (χ4v) is 3.37. The molecular formula is C20H23ClN2O. The van der Waals surface area contributed by atoms with Crippen LogP contribution in [0.3, 0.4) is 0 Å². The maximum absolute atomic E-state index is 12.4. The van der Waals surface area contributed by atoms with E-state index >= 15 is 0 Å². The van der Waals surface area contributed by atoms with Gasteiger partial charge in [0, 0.05) is 25.2 Å². The minimum Gasteiger partial charge on any atom is -0.323 e. The molecule has 24 heavy (non-hydrogen) atoms. The lowest BCUT2D eigenvalue weighted by atomic mass is 10.0. The van der Waals surface area contributed by atoms with E-state index in [-0.39, 0.29) is 6.03 Å². The number of rotatable bonds is 6. The summed E-state index contributed by atoms with van der Waals surface area (Å²) < 4.78 is 0. The minimum absolute atomic E-state index is 0.120. The molecule has 2 aromatic carbocycles. The first-order chi connectivity index (χ1) is 11.6. The van der Waals surface area contributed by atoms with Crippen molar-refractivity contribution in [3.8, 4) is 0 Å². The molecule has 126 valence electrons. The number of urea groups is 1. The lowest BCUT2D eigenvalue weighted by Gasteiger charge is -2.17. The molecule has 1 unspecified atom stereocenters. The maximum atomic E-state index is 12.4. The topological polar surface area (TPSA) is 23.6 Å². The smallest absolute Gasteiger partial charge is 0.320 e. The molecule has 3 nitrogen and oxygen atoms in total. The Morgan fingerprint density at radius 3 is 2.46 bits per heavy atom. The predicted molar refractivity (Wildman–Crippen MR) is 98.2 cm³/mol. The van der Waals surface area contributed by atoms with Crippen LogP contribution in [0.25, 0.3) is 0 Å². The SMILES string of the molecule is CN1C(=O)N(Cc2ccc(Cl)cc2)CC1CCCc1ccccc1. The molecule has 2 amide bonds. The van der Waals surface area contributed by atoms with Crippen LogP contribution in [0.1, 0.15) is 24.0 Å². The van der Waals surface area contributed by atoms with E-state index in [1.807, 2.05) is 47.2 Å². The highest BCUT2D eigenvalue weighted by Crippen LogP contribution is 2.21. The molecule has 0 aromatic heterocycles. The highest BCUT2D eigenvalue weighted by molar-refractivity contribution is 6.30. The van der Waals surface area contributed by atoms with Gasteiger partial charge in [-0.05, 0) is 42.5 Å². The van der Waals surface area contributed by atoms with Gasteiger partial charge in [-0.2, -0.15) is 0 Å². The van der Waals surface area contributed by atoms with Crippen molar-refractivity contribution in [1.82, 2.24) is 9.80 Å². The second-order valence-corrected chi connectivity index (χ2v) is 6.87. The number of carbonyl (C=O) groups is 1. The average Bonchev–Trinajstić information content (AvgIpc) is 2.86. The largest absolute Gasteiger partial charge is 0.323 e. The van der Waals surface area contributed by atoms with Gasteiger partial charge in [-0.3, -0.25) is 0 Å². The summed E-state index contributed by atoms with van der Waals surface area (Å²) in [6.45, 7) is 1.45. The van der Waals surface area contributed by atoms with Crippen LogP contribution >= 0.6 is 11.6 Å². The molecule has 4 heteroatoms. The summed E-state index contributed by atoms with van der Waals surface area (Å²) >= 11 is 5.92. The molecule has 0 aliphatic carbocycles. The van der Waals surface area contributed by atoms with E-state index < -0.39 is 0 Å². The third-order valence-corrected chi connectivity index (χ3v) is 4.94. The van der Waals surface area contributed by atoms with Crippen LogP contribution in [-0.4, -0.2) is 35.5 Å². The fourth-order valence-electron chi connectivity index (χ4n) is 3.25. The zero-order valence-electron chi connectivity index (χ0n) is 14.0. The summed E-state index contributed by atoms with van der Waals surface area (Å²) in [5.41, 5.74) is 2.48. The van der Waals surface area contributed by atoms with Gasteiger partial charge < -0.3 is 9.80 Å². The van der Waals surface area contributed by atoms with Crippen LogP contribution in [0.4, 0.5) is 4.79 Å². The summed E-state index contributed by atoms with van der Waals surface area (Å²) in [6.07, 6.45) is 3.20. The molecule has 1 heterocycles. The van der Waals surface area contributed by atoms with Gasteiger partial charge in [-0.15, -0.1) is 0 Å². The highest BCUT2D eigenvalue weighted by Gasteiger charge is 2.33. The van der Waals surface area contributed by atoms with Crippen molar-refractivity contribution in [3.63, 3.8) is 0 Å². The molecule has 1 saturated heterocycles. The van der Waals surface area contributed by atoms with E-state index in [2.05, 4.69) is 24.3 Å². The molecular weight excluding hydrogens is 320 g/mol. The van der Waals surface area contributed by atoms with E-state index in [0.717, 1.165) is 36.4 Å².